The van der Waals surface area contributed by atoms with Crippen LogP contribution in [0.25, 0.3) is 0 Å². The maximum atomic E-state index is 13.3. The first-order chi connectivity index (χ1) is 13.0. The number of rotatable bonds is 3. The van der Waals surface area contributed by atoms with Gasteiger partial charge in [0.15, 0.2) is 6.10 Å². The molecule has 2 heterocycles. The summed E-state index contributed by atoms with van der Waals surface area (Å²) in [6.45, 7) is 3.28. The molecule has 0 unspecified atom stereocenters. The van der Waals surface area contributed by atoms with Gasteiger partial charge in [0.2, 0.25) is 0 Å². The fraction of sp³-hybridized carbons (Fsp3) is 0.350. The van der Waals surface area contributed by atoms with E-state index in [1.54, 1.807) is 53.4 Å². The summed E-state index contributed by atoms with van der Waals surface area (Å²) >= 11 is 0. The number of fused-ring (bicyclic) bond motifs is 1. The van der Waals surface area contributed by atoms with Crippen LogP contribution in [0, 0.1) is 6.92 Å². The van der Waals surface area contributed by atoms with Crippen LogP contribution >= 0.6 is 0 Å². The van der Waals surface area contributed by atoms with Crippen LogP contribution in [0.1, 0.15) is 18.4 Å². The number of hydrogen-bond donors (Lipinski definition) is 0. The van der Waals surface area contributed by atoms with Crippen LogP contribution in [0.4, 0.5) is 5.69 Å². The van der Waals surface area contributed by atoms with E-state index >= 15 is 0 Å². The third kappa shape index (κ3) is 3.27. The third-order valence-corrected chi connectivity index (χ3v) is 6.83. The van der Waals surface area contributed by atoms with Crippen LogP contribution < -0.4 is 9.04 Å². The molecule has 27 heavy (non-hydrogen) atoms. The summed E-state index contributed by atoms with van der Waals surface area (Å²) in [7, 11) is -3.80. The Morgan fingerprint density at radius 3 is 2.41 bits per heavy atom. The molecule has 1 saturated heterocycles. The molecular formula is C20H22N2O4S. The van der Waals surface area contributed by atoms with Gasteiger partial charge < -0.3 is 9.64 Å². The summed E-state index contributed by atoms with van der Waals surface area (Å²) < 4.78 is 33.8. The Hall–Kier alpha value is -2.54. The van der Waals surface area contributed by atoms with E-state index in [4.69, 9.17) is 4.74 Å². The SMILES string of the molecule is Cc1ccc(S(=O)(=O)N2C[C@H](C(=O)N3CCCC3)Oc3ccccc32)cc1. The number of likely N-dealkylation sites (tertiary alicyclic amines) is 1. The monoisotopic (exact) mass is 386 g/mol. The Bertz CT molecular complexity index is 950. The van der Waals surface area contributed by atoms with Crippen LogP contribution in [-0.2, 0) is 14.8 Å². The van der Waals surface area contributed by atoms with Crippen LogP contribution in [0.2, 0.25) is 0 Å². The highest BCUT2D eigenvalue weighted by Gasteiger charge is 2.39. The minimum atomic E-state index is -3.80. The minimum Gasteiger partial charge on any atom is -0.476 e. The average molecular weight is 386 g/mol. The summed E-state index contributed by atoms with van der Waals surface area (Å²) in [6, 6.07) is 13.7. The van der Waals surface area contributed by atoms with Crippen LogP contribution in [0.3, 0.4) is 0 Å². The molecule has 0 N–H and O–H groups in total. The molecular weight excluding hydrogens is 364 g/mol. The van der Waals surface area contributed by atoms with Gasteiger partial charge in [0.05, 0.1) is 17.1 Å². The molecule has 0 aromatic heterocycles. The van der Waals surface area contributed by atoms with E-state index in [0.29, 0.717) is 24.5 Å². The molecule has 2 aliphatic rings. The summed E-state index contributed by atoms with van der Waals surface area (Å²) in [5.74, 6) is 0.267. The summed E-state index contributed by atoms with van der Waals surface area (Å²) in [5.41, 5.74) is 1.45. The minimum absolute atomic E-state index is 0.0252. The number of carbonyl (C=O) groups excluding carboxylic acids is 1. The Morgan fingerprint density at radius 1 is 1.04 bits per heavy atom. The van der Waals surface area contributed by atoms with Crippen molar-refractivity contribution in [3.05, 3.63) is 54.1 Å². The zero-order valence-corrected chi connectivity index (χ0v) is 16.0. The first-order valence-corrected chi connectivity index (χ1v) is 10.5. The van der Waals surface area contributed by atoms with Crippen molar-refractivity contribution in [3.63, 3.8) is 0 Å². The van der Waals surface area contributed by atoms with Crippen molar-refractivity contribution in [2.45, 2.75) is 30.8 Å². The van der Waals surface area contributed by atoms with E-state index < -0.39 is 16.1 Å². The highest BCUT2D eigenvalue weighted by Crippen LogP contribution is 2.37. The second kappa shape index (κ2) is 6.88. The molecule has 0 bridgehead atoms. The van der Waals surface area contributed by atoms with Crippen molar-refractivity contribution < 1.29 is 17.9 Å². The lowest BCUT2D eigenvalue weighted by atomic mass is 10.2. The maximum absolute atomic E-state index is 13.3. The molecule has 0 spiro atoms. The standard InChI is InChI=1S/C20H22N2O4S/c1-15-8-10-16(11-9-15)27(24,25)22-14-19(20(23)21-12-4-5-13-21)26-18-7-3-2-6-17(18)22/h2-3,6-11,19H,4-5,12-14H2,1H3/t19-/m1/s1. The third-order valence-electron chi connectivity index (χ3n) is 5.04. The molecule has 1 fully saturated rings. The first kappa shape index (κ1) is 17.9. The molecule has 0 radical (unpaired) electrons. The van der Waals surface area contributed by atoms with Gasteiger partial charge in [-0.15, -0.1) is 0 Å². The molecule has 2 aromatic rings. The number of sulfonamides is 1. The van der Waals surface area contributed by atoms with Gasteiger partial charge in [-0.05, 0) is 44.0 Å². The van der Waals surface area contributed by atoms with Gasteiger partial charge in [0.25, 0.3) is 15.9 Å². The zero-order chi connectivity index (χ0) is 19.0. The molecule has 142 valence electrons. The van der Waals surface area contributed by atoms with Crippen molar-refractivity contribution >= 4 is 21.6 Å². The number of aryl methyl sites for hydroxylation is 1. The van der Waals surface area contributed by atoms with Gasteiger partial charge in [-0.25, -0.2) is 8.42 Å². The normalized spacial score (nSPS) is 19.5. The number of ether oxygens (including phenoxy) is 1. The second-order valence-electron chi connectivity index (χ2n) is 6.96. The second-order valence-corrected chi connectivity index (χ2v) is 8.82. The highest BCUT2D eigenvalue weighted by atomic mass is 32.2. The maximum Gasteiger partial charge on any atom is 0.265 e. The first-order valence-electron chi connectivity index (χ1n) is 9.11. The van der Waals surface area contributed by atoms with Gasteiger partial charge in [-0.1, -0.05) is 29.8 Å². The smallest absolute Gasteiger partial charge is 0.265 e. The number of amides is 1. The Balaban J connectivity index is 1.72. The van der Waals surface area contributed by atoms with Crippen molar-refractivity contribution in [3.8, 4) is 5.75 Å². The predicted molar refractivity (Wildman–Crippen MR) is 102 cm³/mol. The van der Waals surface area contributed by atoms with E-state index in [1.165, 1.54) is 4.31 Å². The number of anilines is 1. The lowest BCUT2D eigenvalue weighted by Crippen LogP contribution is -2.51. The predicted octanol–water partition coefficient (Wildman–Crippen LogP) is 2.57. The quantitative estimate of drug-likeness (QED) is 0.813. The van der Waals surface area contributed by atoms with Crippen molar-refractivity contribution in [1.29, 1.82) is 0 Å². The lowest BCUT2D eigenvalue weighted by molar-refractivity contribution is -0.137. The fourth-order valence-corrected chi connectivity index (χ4v) is 5.01. The van der Waals surface area contributed by atoms with Crippen LogP contribution in [0.5, 0.6) is 5.75 Å². The number of benzene rings is 2. The van der Waals surface area contributed by atoms with Gasteiger partial charge in [0, 0.05) is 13.1 Å². The van der Waals surface area contributed by atoms with E-state index in [1.807, 2.05) is 6.92 Å². The van der Waals surface area contributed by atoms with Gasteiger partial charge in [-0.2, -0.15) is 0 Å². The van der Waals surface area contributed by atoms with E-state index in [9.17, 15) is 13.2 Å². The topological polar surface area (TPSA) is 66.9 Å². The molecule has 2 aromatic carbocycles. The van der Waals surface area contributed by atoms with E-state index in [-0.39, 0.29) is 17.3 Å². The van der Waals surface area contributed by atoms with E-state index in [0.717, 1.165) is 18.4 Å². The van der Waals surface area contributed by atoms with Crippen molar-refractivity contribution in [1.82, 2.24) is 4.90 Å². The molecule has 2 aliphatic heterocycles. The molecule has 0 aliphatic carbocycles. The number of nitrogens with zero attached hydrogens (tertiary/aromatic N) is 2. The molecule has 0 saturated carbocycles. The largest absolute Gasteiger partial charge is 0.476 e. The summed E-state index contributed by atoms with van der Waals surface area (Å²) in [5, 5.41) is 0. The summed E-state index contributed by atoms with van der Waals surface area (Å²) in [4.78, 5) is 14.8. The average Bonchev–Trinajstić information content (AvgIpc) is 3.21. The molecule has 1 amide bonds. The number of para-hydroxylation sites is 2. The van der Waals surface area contributed by atoms with Crippen molar-refractivity contribution in [2.24, 2.45) is 0 Å². The molecule has 7 heteroatoms. The molecule has 6 nitrogen and oxygen atoms in total. The number of hydrogen-bond acceptors (Lipinski definition) is 4. The number of carbonyl (C=O) groups is 1. The lowest BCUT2D eigenvalue weighted by Gasteiger charge is -2.36. The Morgan fingerprint density at radius 2 is 1.70 bits per heavy atom. The molecule has 1 atom stereocenters. The van der Waals surface area contributed by atoms with Gasteiger partial charge >= 0.3 is 0 Å². The Kier molecular flexibility index (Phi) is 4.55. The summed E-state index contributed by atoms with van der Waals surface area (Å²) in [6.07, 6.45) is 1.11. The zero-order valence-electron chi connectivity index (χ0n) is 15.2. The van der Waals surface area contributed by atoms with E-state index in [2.05, 4.69) is 0 Å². The highest BCUT2D eigenvalue weighted by molar-refractivity contribution is 7.92. The van der Waals surface area contributed by atoms with Gasteiger partial charge in [-0.3, -0.25) is 9.10 Å². The fourth-order valence-electron chi connectivity index (χ4n) is 3.54. The van der Waals surface area contributed by atoms with Crippen LogP contribution in [-0.4, -0.2) is 45.0 Å². The van der Waals surface area contributed by atoms with Crippen LogP contribution in [0.15, 0.2) is 53.4 Å². The molecule has 4 rings (SSSR count). The van der Waals surface area contributed by atoms with Gasteiger partial charge in [0.1, 0.15) is 5.75 Å². The Labute approximate surface area is 159 Å². The van der Waals surface area contributed by atoms with Crippen molar-refractivity contribution in [2.75, 3.05) is 23.9 Å².